The number of amides is 2. The standard InChI is InChI=1S/C19H25N3O5/c1-25-15-10-13(11-16-18(15)27-9-8-26-16)19(24)22-6-4-21(5-7-22)12-17(23)20-14-2-3-14/h10-11,14H,2-9,12H2,1H3,(H,20,23). The highest BCUT2D eigenvalue weighted by Crippen LogP contribution is 2.40. The van der Waals surface area contributed by atoms with Gasteiger partial charge in [0.05, 0.1) is 13.7 Å². The number of methoxy groups -OCH3 is 1. The van der Waals surface area contributed by atoms with E-state index in [0.29, 0.717) is 74.8 Å². The Hall–Kier alpha value is -2.48. The molecule has 2 fully saturated rings. The second-order valence-corrected chi connectivity index (χ2v) is 7.11. The summed E-state index contributed by atoms with van der Waals surface area (Å²) in [6.45, 7) is 3.87. The molecule has 1 aromatic carbocycles. The lowest BCUT2D eigenvalue weighted by Gasteiger charge is -2.34. The third kappa shape index (κ3) is 4.10. The molecule has 1 aliphatic carbocycles. The highest BCUT2D eigenvalue weighted by molar-refractivity contribution is 5.95. The molecule has 2 aliphatic heterocycles. The molecule has 2 heterocycles. The van der Waals surface area contributed by atoms with E-state index in [1.165, 1.54) is 0 Å². The van der Waals surface area contributed by atoms with Crippen molar-refractivity contribution in [2.24, 2.45) is 0 Å². The van der Waals surface area contributed by atoms with Crippen molar-refractivity contribution in [3.05, 3.63) is 17.7 Å². The monoisotopic (exact) mass is 375 g/mol. The van der Waals surface area contributed by atoms with Crippen LogP contribution in [0, 0.1) is 0 Å². The maximum Gasteiger partial charge on any atom is 0.254 e. The summed E-state index contributed by atoms with van der Waals surface area (Å²) in [4.78, 5) is 28.7. The number of carbonyl (C=O) groups excluding carboxylic acids is 2. The Morgan fingerprint density at radius 3 is 2.59 bits per heavy atom. The molecule has 1 saturated carbocycles. The number of carbonyl (C=O) groups is 2. The van der Waals surface area contributed by atoms with E-state index in [1.54, 1.807) is 24.1 Å². The number of piperazine rings is 1. The van der Waals surface area contributed by atoms with E-state index in [-0.39, 0.29) is 11.8 Å². The smallest absolute Gasteiger partial charge is 0.254 e. The zero-order chi connectivity index (χ0) is 18.8. The lowest BCUT2D eigenvalue weighted by Crippen LogP contribution is -2.51. The average molecular weight is 375 g/mol. The fourth-order valence-electron chi connectivity index (χ4n) is 3.39. The van der Waals surface area contributed by atoms with E-state index < -0.39 is 0 Å². The van der Waals surface area contributed by atoms with Crippen LogP contribution in [0.4, 0.5) is 0 Å². The SMILES string of the molecule is COc1cc(C(=O)N2CCN(CC(=O)NC3CC3)CC2)cc2c1OCCO2. The van der Waals surface area contributed by atoms with Gasteiger partial charge in [-0.2, -0.15) is 0 Å². The zero-order valence-electron chi connectivity index (χ0n) is 15.5. The largest absolute Gasteiger partial charge is 0.493 e. The van der Waals surface area contributed by atoms with E-state index in [2.05, 4.69) is 10.2 Å². The van der Waals surface area contributed by atoms with Crippen LogP contribution < -0.4 is 19.5 Å². The predicted molar refractivity (Wildman–Crippen MR) is 97.5 cm³/mol. The van der Waals surface area contributed by atoms with Crippen LogP contribution in [0.25, 0.3) is 0 Å². The first-order chi connectivity index (χ1) is 13.1. The zero-order valence-corrected chi connectivity index (χ0v) is 15.5. The molecule has 0 unspecified atom stereocenters. The number of fused-ring (bicyclic) bond motifs is 1. The molecular formula is C19H25N3O5. The van der Waals surface area contributed by atoms with Crippen LogP contribution in [0.2, 0.25) is 0 Å². The van der Waals surface area contributed by atoms with E-state index in [0.717, 1.165) is 12.8 Å². The van der Waals surface area contributed by atoms with Gasteiger partial charge < -0.3 is 24.4 Å². The van der Waals surface area contributed by atoms with Gasteiger partial charge in [-0.15, -0.1) is 0 Å². The minimum absolute atomic E-state index is 0.0626. The second kappa shape index (κ2) is 7.64. The van der Waals surface area contributed by atoms with Crippen molar-refractivity contribution < 1.29 is 23.8 Å². The van der Waals surface area contributed by atoms with Crippen LogP contribution in [0.15, 0.2) is 12.1 Å². The van der Waals surface area contributed by atoms with Gasteiger partial charge in [-0.25, -0.2) is 0 Å². The fourth-order valence-corrected chi connectivity index (χ4v) is 3.39. The second-order valence-electron chi connectivity index (χ2n) is 7.11. The van der Waals surface area contributed by atoms with E-state index in [9.17, 15) is 9.59 Å². The van der Waals surface area contributed by atoms with Gasteiger partial charge in [0.2, 0.25) is 11.7 Å². The molecule has 3 aliphatic rings. The Labute approximate surface area is 158 Å². The van der Waals surface area contributed by atoms with Crippen molar-refractivity contribution in [2.75, 3.05) is 53.0 Å². The normalized spacial score (nSPS) is 19.5. The van der Waals surface area contributed by atoms with Crippen molar-refractivity contribution >= 4 is 11.8 Å². The molecule has 0 spiro atoms. The molecule has 1 N–H and O–H groups in total. The number of rotatable bonds is 5. The quantitative estimate of drug-likeness (QED) is 0.808. The van der Waals surface area contributed by atoms with Crippen LogP contribution in [0.1, 0.15) is 23.2 Å². The maximum absolute atomic E-state index is 12.9. The van der Waals surface area contributed by atoms with Crippen LogP contribution in [-0.4, -0.2) is 80.7 Å². The van der Waals surface area contributed by atoms with Crippen LogP contribution in [0.3, 0.4) is 0 Å². The van der Waals surface area contributed by atoms with Crippen molar-refractivity contribution in [3.63, 3.8) is 0 Å². The van der Waals surface area contributed by atoms with E-state index in [4.69, 9.17) is 14.2 Å². The Kier molecular flexibility index (Phi) is 5.07. The number of benzene rings is 1. The van der Waals surface area contributed by atoms with Gasteiger partial charge in [0.25, 0.3) is 5.91 Å². The first-order valence-corrected chi connectivity index (χ1v) is 9.42. The molecule has 0 aromatic heterocycles. The topological polar surface area (TPSA) is 80.3 Å². The molecule has 0 bridgehead atoms. The lowest BCUT2D eigenvalue weighted by molar-refractivity contribution is -0.122. The summed E-state index contributed by atoms with van der Waals surface area (Å²) in [6.07, 6.45) is 2.18. The molecule has 0 radical (unpaired) electrons. The molecule has 8 nitrogen and oxygen atoms in total. The molecule has 27 heavy (non-hydrogen) atoms. The Morgan fingerprint density at radius 1 is 1.15 bits per heavy atom. The molecule has 146 valence electrons. The molecule has 2 amide bonds. The van der Waals surface area contributed by atoms with Gasteiger partial charge in [0, 0.05) is 37.8 Å². The Morgan fingerprint density at radius 2 is 1.89 bits per heavy atom. The average Bonchev–Trinajstić information content (AvgIpc) is 3.51. The minimum atomic E-state index is -0.0626. The fraction of sp³-hybridized carbons (Fsp3) is 0.579. The molecule has 4 rings (SSSR count). The van der Waals surface area contributed by atoms with Crippen LogP contribution in [0.5, 0.6) is 17.2 Å². The first kappa shape index (κ1) is 17.9. The number of nitrogens with one attached hydrogen (secondary N) is 1. The van der Waals surface area contributed by atoms with Crippen molar-refractivity contribution in [1.82, 2.24) is 15.1 Å². The highest BCUT2D eigenvalue weighted by atomic mass is 16.6. The van der Waals surface area contributed by atoms with E-state index >= 15 is 0 Å². The number of nitrogens with zero attached hydrogens (tertiary/aromatic N) is 2. The minimum Gasteiger partial charge on any atom is -0.493 e. The molecular weight excluding hydrogens is 350 g/mol. The summed E-state index contributed by atoms with van der Waals surface area (Å²) >= 11 is 0. The van der Waals surface area contributed by atoms with Gasteiger partial charge in [0.1, 0.15) is 13.2 Å². The number of ether oxygens (including phenoxy) is 3. The van der Waals surface area contributed by atoms with Crippen LogP contribution >= 0.6 is 0 Å². The summed E-state index contributed by atoms with van der Waals surface area (Å²) < 4.78 is 16.6. The maximum atomic E-state index is 12.9. The molecule has 0 atom stereocenters. The van der Waals surface area contributed by atoms with Crippen molar-refractivity contribution in [2.45, 2.75) is 18.9 Å². The summed E-state index contributed by atoms with van der Waals surface area (Å²) in [7, 11) is 1.55. The van der Waals surface area contributed by atoms with Crippen molar-refractivity contribution in [3.8, 4) is 17.2 Å². The van der Waals surface area contributed by atoms with E-state index in [1.807, 2.05) is 0 Å². The Bertz CT molecular complexity index is 709. The summed E-state index contributed by atoms with van der Waals surface area (Å²) in [6, 6.07) is 3.80. The molecule has 1 aromatic rings. The third-order valence-electron chi connectivity index (χ3n) is 5.04. The highest BCUT2D eigenvalue weighted by Gasteiger charge is 2.28. The van der Waals surface area contributed by atoms with Crippen LogP contribution in [-0.2, 0) is 4.79 Å². The molecule has 1 saturated heterocycles. The lowest BCUT2D eigenvalue weighted by atomic mass is 10.1. The summed E-state index contributed by atoms with van der Waals surface area (Å²) in [5.41, 5.74) is 0.524. The first-order valence-electron chi connectivity index (χ1n) is 9.42. The van der Waals surface area contributed by atoms with Gasteiger partial charge >= 0.3 is 0 Å². The van der Waals surface area contributed by atoms with Gasteiger partial charge in [-0.3, -0.25) is 14.5 Å². The third-order valence-corrected chi connectivity index (χ3v) is 5.04. The Balaban J connectivity index is 1.37. The van der Waals surface area contributed by atoms with Gasteiger partial charge in [-0.05, 0) is 25.0 Å². The number of hydrogen-bond acceptors (Lipinski definition) is 6. The predicted octanol–water partition coefficient (Wildman–Crippen LogP) is 0.503. The van der Waals surface area contributed by atoms with Crippen molar-refractivity contribution in [1.29, 1.82) is 0 Å². The number of hydrogen-bond donors (Lipinski definition) is 1. The van der Waals surface area contributed by atoms with Gasteiger partial charge in [0.15, 0.2) is 11.5 Å². The summed E-state index contributed by atoms with van der Waals surface area (Å²) in [5.74, 6) is 1.61. The summed E-state index contributed by atoms with van der Waals surface area (Å²) in [5, 5.41) is 3.00. The van der Waals surface area contributed by atoms with Gasteiger partial charge in [-0.1, -0.05) is 0 Å². The molecule has 8 heteroatoms.